The molecule has 3 fully saturated rings. The van der Waals surface area contributed by atoms with Crippen LogP contribution in [0.25, 0.3) is 66.1 Å². The molecule has 5 heterocycles. The molecule has 0 amide bonds. The Morgan fingerprint density at radius 1 is 0.391 bits per heavy atom. The molecule has 3 aliphatic heterocycles. The number of hydrogen-bond acceptors (Lipinski definition) is 8. The summed E-state index contributed by atoms with van der Waals surface area (Å²) in [7, 11) is -1.48. The molecule has 0 saturated carbocycles. The predicted octanol–water partition coefficient (Wildman–Crippen LogP) is 14.6. The zero-order valence-corrected chi connectivity index (χ0v) is 42.9. The lowest BCUT2D eigenvalue weighted by molar-refractivity contribution is 0.00578. The highest BCUT2D eigenvalue weighted by molar-refractivity contribution is 7.11. The molecule has 11 rings (SSSR count). The second-order valence-electron chi connectivity index (χ2n) is 20.8. The number of hydrogen-bond donors (Lipinski definition) is 0. The first-order valence-corrected chi connectivity index (χ1v) is 23.4. The predicted molar refractivity (Wildman–Crippen MR) is 279 cm³/mol. The van der Waals surface area contributed by atoms with Gasteiger partial charge in [-0.3, -0.25) is 0 Å². The highest BCUT2D eigenvalue weighted by atomic mass is 35.5. The van der Waals surface area contributed by atoms with Gasteiger partial charge in [0.15, 0.2) is 0 Å². The minimum Gasteiger partial charge on any atom is -1.51 e. The molecule has 0 spiro atoms. The monoisotopic (exact) mass is 970 g/mol. The number of halogens is 3. The molecule has 0 bridgehead atoms. The van der Waals surface area contributed by atoms with Gasteiger partial charge in [-0.05, 0) is 160 Å². The smallest absolute Gasteiger partial charge is 0.494 e. The number of furan rings is 2. The van der Waals surface area contributed by atoms with Crippen LogP contribution in [0.5, 0.6) is 0 Å². The van der Waals surface area contributed by atoms with Gasteiger partial charge in [0.25, 0.3) is 0 Å². The maximum absolute atomic E-state index is 14.8. The Kier molecular flexibility index (Phi) is 13.4. The molecule has 0 aliphatic carbocycles. The molecular formula is C54H57B3ClF2O8P-2. The standard InChI is InChI=1S/C24H22BFO3.C18H10ClFO.C12H24B2O4.HP/c1-23(2)24(3,4)29-25(28-23)16-10-11-20(26)18(14-16)15-9-12-22-19(13-15)17-7-5-6-8-21(17)27-22;19-12-6-7-16(20)14(10-12)11-5-8-18-15(9-11)13-3-1-2-4-17(13)21-18;1-9(2)10(3,4)16-13(15-9)14-17-11(5,6)12(7,8)18-14;/h5-14H,1-4H3;1-10H;1-8H3;1H/q;;;-2. The third kappa shape index (κ3) is 9.54. The van der Waals surface area contributed by atoms with E-state index >= 15 is 0 Å². The highest BCUT2D eigenvalue weighted by Crippen LogP contribution is 2.44. The normalized spacial score (nSPS) is 19.4. The summed E-state index contributed by atoms with van der Waals surface area (Å²) >= 11 is 5.97. The van der Waals surface area contributed by atoms with E-state index in [0.29, 0.717) is 16.1 Å². The van der Waals surface area contributed by atoms with Crippen LogP contribution >= 0.6 is 21.5 Å². The molecule has 3 saturated heterocycles. The van der Waals surface area contributed by atoms with Crippen LogP contribution in [0.15, 0.2) is 130 Å². The van der Waals surface area contributed by atoms with E-state index in [2.05, 4.69) is 0 Å². The Morgan fingerprint density at radius 3 is 1.19 bits per heavy atom. The molecule has 0 N–H and O–H groups in total. The number of para-hydroxylation sites is 2. The molecule has 8 nitrogen and oxygen atoms in total. The van der Waals surface area contributed by atoms with Crippen LogP contribution in [-0.2, 0) is 27.9 Å². The molecule has 0 unspecified atom stereocenters. The average Bonchev–Trinajstić information content (AvgIpc) is 4.01. The van der Waals surface area contributed by atoms with Gasteiger partial charge in [0.1, 0.15) is 34.0 Å². The minimum atomic E-state index is -0.530. The van der Waals surface area contributed by atoms with E-state index in [9.17, 15) is 8.78 Å². The molecule has 8 aromatic rings. The fraction of sp³-hybridized carbons (Fsp3) is 0.333. The summed E-state index contributed by atoms with van der Waals surface area (Å²) in [4.78, 5) is 0. The lowest BCUT2D eigenvalue weighted by Gasteiger charge is -2.32. The van der Waals surface area contributed by atoms with Crippen molar-refractivity contribution in [2.45, 2.75) is 117 Å². The summed E-state index contributed by atoms with van der Waals surface area (Å²) in [5, 5.41) is 4.51. The van der Waals surface area contributed by atoms with Crippen molar-refractivity contribution in [1.29, 1.82) is 0 Å². The van der Waals surface area contributed by atoms with E-state index in [1.54, 1.807) is 18.2 Å². The largest absolute Gasteiger partial charge is 1.51 e. The van der Waals surface area contributed by atoms with Gasteiger partial charge in [0.2, 0.25) is 0 Å². The van der Waals surface area contributed by atoms with E-state index in [-0.39, 0.29) is 43.9 Å². The Balaban J connectivity index is 0.000000143. The van der Waals surface area contributed by atoms with E-state index in [0.717, 1.165) is 60.5 Å². The first-order chi connectivity index (χ1) is 31.9. The van der Waals surface area contributed by atoms with Gasteiger partial charge in [0.05, 0.1) is 33.6 Å². The summed E-state index contributed by atoms with van der Waals surface area (Å²) in [5.41, 5.74) is 4.31. The first-order valence-electron chi connectivity index (χ1n) is 23.0. The van der Waals surface area contributed by atoms with E-state index in [1.165, 1.54) is 12.1 Å². The maximum Gasteiger partial charge on any atom is 0.494 e. The lowest BCUT2D eigenvalue weighted by Crippen LogP contribution is -2.41. The summed E-state index contributed by atoms with van der Waals surface area (Å²) in [6.45, 7) is 24.2. The third-order valence-electron chi connectivity index (χ3n) is 14.6. The molecule has 15 heteroatoms. The summed E-state index contributed by atoms with van der Waals surface area (Å²) in [6.07, 6.45) is 0. The van der Waals surface area contributed by atoms with Crippen molar-refractivity contribution in [2.24, 2.45) is 0 Å². The molecule has 0 atom stereocenters. The molecule has 0 radical (unpaired) electrons. The average molecular weight is 971 g/mol. The number of rotatable bonds is 4. The van der Waals surface area contributed by atoms with Gasteiger partial charge in [-0.2, -0.15) is 0 Å². The Labute approximate surface area is 412 Å². The summed E-state index contributed by atoms with van der Waals surface area (Å²) in [6, 6.07) is 36.7. The zero-order chi connectivity index (χ0) is 48.8. The van der Waals surface area contributed by atoms with Crippen LogP contribution in [-0.4, -0.2) is 54.7 Å². The van der Waals surface area contributed by atoms with Crippen LogP contribution in [0, 0.1) is 11.6 Å². The van der Waals surface area contributed by atoms with Crippen molar-refractivity contribution in [3.8, 4) is 22.3 Å². The van der Waals surface area contributed by atoms with Crippen LogP contribution in [0.1, 0.15) is 83.1 Å². The third-order valence-corrected chi connectivity index (χ3v) is 14.8. The van der Waals surface area contributed by atoms with Gasteiger partial charge in [-0.15, -0.1) is 0 Å². The quantitative estimate of drug-likeness (QED) is 0.127. The van der Waals surface area contributed by atoms with Crippen molar-refractivity contribution < 1.29 is 45.5 Å². The van der Waals surface area contributed by atoms with Gasteiger partial charge >= 0.3 is 21.1 Å². The topological polar surface area (TPSA) is 81.7 Å². The Bertz CT molecular complexity index is 3120. The molecule has 358 valence electrons. The second-order valence-corrected chi connectivity index (χ2v) is 21.3. The molecular weight excluding hydrogens is 913 g/mol. The fourth-order valence-corrected chi connectivity index (χ4v) is 8.57. The molecule has 6 aromatic carbocycles. The summed E-state index contributed by atoms with van der Waals surface area (Å²) in [5.74, 6) is -0.566. The summed E-state index contributed by atoms with van der Waals surface area (Å²) < 4.78 is 76.6. The zero-order valence-electron chi connectivity index (χ0n) is 41.2. The van der Waals surface area contributed by atoms with E-state index in [4.69, 9.17) is 48.4 Å². The molecule has 69 heavy (non-hydrogen) atoms. The van der Waals surface area contributed by atoms with Crippen molar-refractivity contribution >= 4 is 92.0 Å². The molecule has 3 aliphatic rings. The Morgan fingerprint density at radius 2 is 0.754 bits per heavy atom. The van der Waals surface area contributed by atoms with E-state index in [1.807, 2.05) is 174 Å². The number of fused-ring (bicyclic) bond motifs is 6. The van der Waals surface area contributed by atoms with Crippen LogP contribution in [0.2, 0.25) is 5.02 Å². The second kappa shape index (κ2) is 18.3. The van der Waals surface area contributed by atoms with Crippen LogP contribution < -0.4 is 5.46 Å². The van der Waals surface area contributed by atoms with Crippen molar-refractivity contribution in [3.05, 3.63) is 138 Å². The molecule has 2 aromatic heterocycles. The van der Waals surface area contributed by atoms with Crippen molar-refractivity contribution in [2.75, 3.05) is 0 Å². The lowest BCUT2D eigenvalue weighted by atomic mass is 9.49. The van der Waals surface area contributed by atoms with E-state index < -0.39 is 32.3 Å². The first kappa shape index (κ1) is 50.8. The van der Waals surface area contributed by atoms with Gasteiger partial charge in [0, 0.05) is 37.7 Å². The van der Waals surface area contributed by atoms with Crippen molar-refractivity contribution in [3.63, 3.8) is 0 Å². The number of benzene rings is 6. The van der Waals surface area contributed by atoms with Gasteiger partial charge in [-0.1, -0.05) is 72.3 Å². The Hall–Kier alpha value is -4.55. The SMILES string of the molecule is CC1(C)OB(B2OC(C)(C)C(C)(C)O2)OC1(C)C.CC1(C)OB(c2ccc(F)c(-c3ccc4oc5ccccc5c4c3)c2)OC1(C)C.Fc1ccc(Cl)cc1-c1ccc2oc3ccccc3c2c1.[PH-2]. The minimum absolute atomic E-state index is 0. The van der Waals surface area contributed by atoms with Gasteiger partial charge in [-0.25, -0.2) is 8.78 Å². The fourth-order valence-electron chi connectivity index (χ4n) is 8.40. The maximum atomic E-state index is 14.8. The van der Waals surface area contributed by atoms with Crippen molar-refractivity contribution in [1.82, 2.24) is 0 Å². The van der Waals surface area contributed by atoms with Gasteiger partial charge < -0.3 is 46.7 Å². The van der Waals surface area contributed by atoms with Crippen LogP contribution in [0.3, 0.4) is 0 Å². The van der Waals surface area contributed by atoms with Crippen LogP contribution in [0.4, 0.5) is 8.78 Å². The highest BCUT2D eigenvalue weighted by Gasteiger charge is 2.63.